The van der Waals surface area contributed by atoms with Gasteiger partial charge in [0.25, 0.3) is 10.1 Å². The van der Waals surface area contributed by atoms with Gasteiger partial charge in [-0.2, -0.15) is 8.42 Å². The second-order valence-electron chi connectivity index (χ2n) is 2.24. The van der Waals surface area contributed by atoms with Crippen molar-refractivity contribution in [2.24, 2.45) is 0 Å². The summed E-state index contributed by atoms with van der Waals surface area (Å²) in [5.74, 6) is 0. The summed E-state index contributed by atoms with van der Waals surface area (Å²) >= 11 is 0. The van der Waals surface area contributed by atoms with Gasteiger partial charge in [0.15, 0.2) is 0 Å². The predicted octanol–water partition coefficient (Wildman–Crippen LogP) is -0.223. The molecule has 0 aliphatic heterocycles. The Hall–Kier alpha value is 0.0900. The van der Waals surface area contributed by atoms with Crippen molar-refractivity contribution in [3.05, 3.63) is 29.8 Å². The molecule has 0 aliphatic carbocycles. The van der Waals surface area contributed by atoms with Crippen LogP contribution in [-0.4, -0.2) is 47.6 Å². The van der Waals surface area contributed by atoms with Gasteiger partial charge in [0.1, 0.15) is 0 Å². The molecule has 0 radical (unpaired) electrons. The molecule has 0 aliphatic rings. The molecule has 0 heterocycles. The summed E-state index contributed by atoms with van der Waals surface area (Å²) in [7, 11) is -4.21. The Kier molecular flexibility index (Phi) is 5.13. The molecule has 13 heavy (non-hydrogen) atoms. The quantitative estimate of drug-likeness (QED) is 0.525. The van der Waals surface area contributed by atoms with E-state index in [9.17, 15) is 8.42 Å². The molecule has 0 saturated carbocycles. The monoisotopic (exact) mass is 212 g/mol. The van der Waals surface area contributed by atoms with Crippen molar-refractivity contribution in [1.29, 1.82) is 0 Å². The molecule has 0 amide bonds. The molecule has 1 aromatic carbocycles. The molecule has 0 spiro atoms. The van der Waals surface area contributed by atoms with Crippen LogP contribution in [0.5, 0.6) is 0 Å². The van der Waals surface area contributed by atoms with Crippen molar-refractivity contribution >= 4 is 39.7 Å². The minimum absolute atomic E-state index is 0. The van der Waals surface area contributed by atoms with Gasteiger partial charge in [0.2, 0.25) is 0 Å². The molecule has 2 N–H and O–H groups in total. The van der Waals surface area contributed by atoms with E-state index < -0.39 is 16.7 Å². The maximum atomic E-state index is 10.7. The molecule has 4 nitrogen and oxygen atoms in total. The second-order valence-corrected chi connectivity index (χ2v) is 3.63. The van der Waals surface area contributed by atoms with Crippen LogP contribution in [0, 0.1) is 0 Å². The van der Waals surface area contributed by atoms with Crippen molar-refractivity contribution in [2.45, 2.75) is 11.5 Å². The van der Waals surface area contributed by atoms with E-state index in [1.165, 1.54) is 18.2 Å². The molecule has 6 heteroatoms. The number of aliphatic hydroxyl groups is 1. The number of hydrogen-bond donors (Lipinski definition) is 2. The van der Waals surface area contributed by atoms with Gasteiger partial charge in [-0.1, -0.05) is 18.2 Å². The fraction of sp³-hybridized carbons (Fsp3) is 0.143. The summed E-state index contributed by atoms with van der Waals surface area (Å²) in [6.07, 6.45) is 0. The fourth-order valence-electron chi connectivity index (χ4n) is 0.886. The normalized spacial score (nSPS) is 10.6. The van der Waals surface area contributed by atoms with Gasteiger partial charge >= 0.3 is 29.6 Å². The van der Waals surface area contributed by atoms with Gasteiger partial charge in [0.05, 0.1) is 11.5 Å². The summed E-state index contributed by atoms with van der Waals surface area (Å²) in [5, 5.41) is 8.71. The van der Waals surface area contributed by atoms with Gasteiger partial charge in [-0.05, 0) is 11.6 Å². The Morgan fingerprint density at radius 3 is 2.15 bits per heavy atom. The zero-order chi connectivity index (χ0) is 9.19. The molecule has 68 valence electrons. The summed E-state index contributed by atoms with van der Waals surface area (Å²) in [6.45, 7) is -0.407. The first-order valence-corrected chi connectivity index (χ1v) is 4.66. The minimum atomic E-state index is -4.21. The van der Waals surface area contributed by atoms with Crippen LogP contribution in [0.1, 0.15) is 5.56 Å². The van der Waals surface area contributed by atoms with E-state index in [4.69, 9.17) is 9.66 Å². The van der Waals surface area contributed by atoms with Crippen LogP contribution in [0.25, 0.3) is 0 Å². The van der Waals surface area contributed by atoms with Gasteiger partial charge < -0.3 is 5.11 Å². The predicted molar refractivity (Wildman–Crippen MR) is 49.3 cm³/mol. The molecule has 0 bridgehead atoms. The standard InChI is InChI=1S/C7H8O4S.Na.H/c8-5-6-3-1-2-4-7(6)12(9,10)11;;/h1-4,8H,5H2,(H,9,10,11);;. The van der Waals surface area contributed by atoms with Crippen LogP contribution in [0.2, 0.25) is 0 Å². The van der Waals surface area contributed by atoms with Crippen molar-refractivity contribution < 1.29 is 18.1 Å². The summed E-state index contributed by atoms with van der Waals surface area (Å²) in [6, 6.07) is 5.73. The van der Waals surface area contributed by atoms with Crippen LogP contribution < -0.4 is 0 Å². The van der Waals surface area contributed by atoms with Crippen LogP contribution in [0.3, 0.4) is 0 Å². The zero-order valence-corrected chi connectivity index (χ0v) is 6.95. The van der Waals surface area contributed by atoms with Gasteiger partial charge in [-0.25, -0.2) is 0 Å². The molecule has 0 saturated heterocycles. The van der Waals surface area contributed by atoms with E-state index >= 15 is 0 Å². The number of benzene rings is 1. The van der Waals surface area contributed by atoms with Gasteiger partial charge in [-0.15, -0.1) is 0 Å². The fourth-order valence-corrected chi connectivity index (χ4v) is 1.60. The van der Waals surface area contributed by atoms with Crippen molar-refractivity contribution in [3.8, 4) is 0 Å². The first kappa shape index (κ1) is 13.1. The molecule has 0 atom stereocenters. The molecule has 1 aromatic rings. The van der Waals surface area contributed by atoms with E-state index in [0.717, 1.165) is 0 Å². The van der Waals surface area contributed by atoms with Gasteiger partial charge in [-0.3, -0.25) is 4.55 Å². The molecule has 1 rings (SSSR count). The van der Waals surface area contributed by atoms with Crippen LogP contribution in [0.15, 0.2) is 29.2 Å². The Bertz CT molecular complexity index is 374. The van der Waals surface area contributed by atoms with Crippen LogP contribution in [-0.2, 0) is 16.7 Å². The van der Waals surface area contributed by atoms with Gasteiger partial charge in [0, 0.05) is 0 Å². The number of rotatable bonds is 2. The Labute approximate surface area is 98.6 Å². The van der Waals surface area contributed by atoms with E-state index in [2.05, 4.69) is 0 Å². The zero-order valence-electron chi connectivity index (χ0n) is 6.14. The third-order valence-electron chi connectivity index (χ3n) is 1.42. The van der Waals surface area contributed by atoms with E-state index in [1.807, 2.05) is 0 Å². The Balaban J connectivity index is 0.00000144. The molecule has 0 aromatic heterocycles. The second kappa shape index (κ2) is 5.09. The first-order valence-electron chi connectivity index (χ1n) is 3.22. The SMILES string of the molecule is O=S(=O)(O)c1ccccc1CO.[NaH]. The number of aliphatic hydroxyl groups excluding tert-OH is 1. The Morgan fingerprint density at radius 2 is 1.77 bits per heavy atom. The Morgan fingerprint density at radius 1 is 1.23 bits per heavy atom. The van der Waals surface area contributed by atoms with Crippen molar-refractivity contribution in [1.82, 2.24) is 0 Å². The average Bonchev–Trinajstić information content (AvgIpc) is 2.03. The van der Waals surface area contributed by atoms with Crippen molar-refractivity contribution in [2.75, 3.05) is 0 Å². The third-order valence-corrected chi connectivity index (χ3v) is 2.37. The summed E-state index contributed by atoms with van der Waals surface area (Å²) in [5.41, 5.74) is 0.194. The van der Waals surface area contributed by atoms with Crippen LogP contribution in [0.4, 0.5) is 0 Å². The third kappa shape index (κ3) is 3.38. The summed E-state index contributed by atoms with van der Waals surface area (Å²) < 4.78 is 30.0. The molecule has 0 fully saturated rings. The first-order chi connectivity index (χ1) is 5.55. The maximum absolute atomic E-state index is 10.7. The molecular formula is C7H9NaO4S. The average molecular weight is 212 g/mol. The van der Waals surface area contributed by atoms with Crippen molar-refractivity contribution in [3.63, 3.8) is 0 Å². The molecule has 0 unspecified atom stereocenters. The van der Waals surface area contributed by atoms with E-state index in [-0.39, 0.29) is 40.0 Å². The van der Waals surface area contributed by atoms with Crippen LogP contribution >= 0.6 is 0 Å². The topological polar surface area (TPSA) is 74.6 Å². The summed E-state index contributed by atoms with van der Waals surface area (Å²) in [4.78, 5) is -0.243. The van der Waals surface area contributed by atoms with E-state index in [0.29, 0.717) is 0 Å². The van der Waals surface area contributed by atoms with E-state index in [1.54, 1.807) is 6.07 Å². The number of hydrogen-bond acceptors (Lipinski definition) is 3. The molecular weight excluding hydrogens is 203 g/mol.